The Labute approximate surface area is 197 Å². The number of aliphatic hydroxyl groups excluding tert-OH is 3. The van der Waals surface area contributed by atoms with Gasteiger partial charge in [0.2, 0.25) is 0 Å². The van der Waals surface area contributed by atoms with Crippen LogP contribution in [0.3, 0.4) is 0 Å². The minimum atomic E-state index is -2.31. The molecule has 0 saturated heterocycles. The predicted molar refractivity (Wildman–Crippen MR) is 117 cm³/mol. The average molecular weight is 487 g/mol. The second-order valence-electron chi connectivity index (χ2n) is 10.5. The number of hydrogen-bond donors (Lipinski definition) is 4. The standard InChI is InChI=1S/C24H32ClFO7/c1-21-4-3-14(33-6-5-25)8-15(21)13(11-27)7-17-16-9-18(29)24(32,20(31)12-28)22(16,2)10-19(30)23(17,21)26/h8,11,16-19,28-30,32H,3-7,9-10,12H2,1-2H3/t16-,17-,18+,19-,21-,22-,23-,24-/m0/s1. The Kier molecular flexibility index (Phi) is 6.10. The van der Waals surface area contributed by atoms with Crippen LogP contribution < -0.4 is 0 Å². The first-order chi connectivity index (χ1) is 15.4. The summed E-state index contributed by atoms with van der Waals surface area (Å²) in [5.41, 5.74) is -6.15. The lowest BCUT2D eigenvalue weighted by Gasteiger charge is -2.63. The summed E-state index contributed by atoms with van der Waals surface area (Å²) in [7, 11) is 0. The number of Topliss-reactive ketones (excluding diaryl/α,β-unsaturated/α-hetero) is 1. The number of ketones is 1. The molecule has 2 saturated carbocycles. The molecule has 0 spiro atoms. The van der Waals surface area contributed by atoms with E-state index in [1.165, 1.54) is 0 Å². The van der Waals surface area contributed by atoms with Crippen LogP contribution in [0.4, 0.5) is 4.39 Å². The predicted octanol–water partition coefficient (Wildman–Crippen LogP) is 1.59. The van der Waals surface area contributed by atoms with E-state index < -0.39 is 58.5 Å². The fourth-order valence-electron chi connectivity index (χ4n) is 7.52. The first-order valence-electron chi connectivity index (χ1n) is 11.4. The maximum atomic E-state index is 17.3. The van der Waals surface area contributed by atoms with E-state index in [-0.39, 0.29) is 25.9 Å². The molecule has 0 heterocycles. The molecule has 4 aliphatic carbocycles. The number of hydrogen-bond acceptors (Lipinski definition) is 7. The van der Waals surface area contributed by atoms with Crippen molar-refractivity contribution in [1.29, 1.82) is 0 Å². The third-order valence-electron chi connectivity index (χ3n) is 9.25. The van der Waals surface area contributed by atoms with Crippen LogP contribution in [0.1, 0.15) is 46.0 Å². The third-order valence-corrected chi connectivity index (χ3v) is 9.41. The Bertz CT molecular complexity index is 920. The van der Waals surface area contributed by atoms with Crippen molar-refractivity contribution in [3.63, 3.8) is 0 Å². The number of carbonyl (C=O) groups excluding carboxylic acids is 2. The number of halogens is 2. The summed E-state index contributed by atoms with van der Waals surface area (Å²) >= 11 is 5.71. The van der Waals surface area contributed by atoms with Crippen molar-refractivity contribution in [2.45, 2.75) is 69.4 Å². The summed E-state index contributed by atoms with van der Waals surface area (Å²) in [6, 6.07) is 0. The molecule has 8 atom stereocenters. The molecule has 0 amide bonds. The van der Waals surface area contributed by atoms with Crippen molar-refractivity contribution in [2.75, 3.05) is 19.1 Å². The van der Waals surface area contributed by atoms with Crippen molar-refractivity contribution in [3.05, 3.63) is 23.0 Å². The van der Waals surface area contributed by atoms with Crippen molar-refractivity contribution in [3.8, 4) is 0 Å². The van der Waals surface area contributed by atoms with Gasteiger partial charge in [0.15, 0.2) is 11.4 Å². The largest absolute Gasteiger partial charge is 0.497 e. The van der Waals surface area contributed by atoms with E-state index in [4.69, 9.17) is 16.3 Å². The zero-order valence-electron chi connectivity index (χ0n) is 18.9. The topological polar surface area (TPSA) is 124 Å². The molecule has 9 heteroatoms. The quantitative estimate of drug-likeness (QED) is 0.332. The van der Waals surface area contributed by atoms with Crippen molar-refractivity contribution < 1.29 is 39.1 Å². The van der Waals surface area contributed by atoms with E-state index >= 15 is 4.39 Å². The zero-order chi connectivity index (χ0) is 24.4. The summed E-state index contributed by atoms with van der Waals surface area (Å²) in [5.74, 6) is -1.64. The van der Waals surface area contributed by atoms with Gasteiger partial charge in [-0.05, 0) is 48.8 Å². The Morgan fingerprint density at radius 1 is 1.30 bits per heavy atom. The van der Waals surface area contributed by atoms with E-state index in [0.717, 1.165) is 0 Å². The van der Waals surface area contributed by atoms with Gasteiger partial charge in [0.1, 0.15) is 25.2 Å². The Morgan fingerprint density at radius 2 is 2.00 bits per heavy atom. The summed E-state index contributed by atoms with van der Waals surface area (Å²) in [5, 5.41) is 42.8. The van der Waals surface area contributed by atoms with Crippen LogP contribution in [0, 0.1) is 22.7 Å². The molecule has 2 fully saturated rings. The number of allylic oxidation sites excluding steroid dienone is 4. The van der Waals surface area contributed by atoms with E-state index in [1.54, 1.807) is 19.9 Å². The van der Waals surface area contributed by atoms with Gasteiger partial charge in [-0.15, -0.1) is 11.6 Å². The smallest absolute Gasteiger partial charge is 0.192 e. The first-order valence-corrected chi connectivity index (χ1v) is 12.0. The van der Waals surface area contributed by atoms with Gasteiger partial charge in [0.05, 0.1) is 23.8 Å². The molecule has 0 aromatic carbocycles. The summed E-state index contributed by atoms with van der Waals surface area (Å²) < 4.78 is 22.9. The van der Waals surface area contributed by atoms with E-state index in [0.29, 0.717) is 41.9 Å². The van der Waals surface area contributed by atoms with Crippen LogP contribution in [-0.4, -0.2) is 75.1 Å². The van der Waals surface area contributed by atoms with Gasteiger partial charge in [-0.2, -0.15) is 0 Å². The van der Waals surface area contributed by atoms with E-state index in [1.807, 2.05) is 0 Å². The Hall–Kier alpha value is -1.32. The number of aldehydes is 1. The average Bonchev–Trinajstić information content (AvgIpc) is 2.99. The van der Waals surface area contributed by atoms with Crippen LogP contribution in [-0.2, 0) is 14.3 Å². The molecule has 0 unspecified atom stereocenters. The zero-order valence-corrected chi connectivity index (χ0v) is 19.6. The fraction of sp³-hybridized carbons (Fsp3) is 0.750. The van der Waals surface area contributed by atoms with E-state index in [2.05, 4.69) is 0 Å². The molecule has 0 aromatic rings. The van der Waals surface area contributed by atoms with Crippen LogP contribution in [0.2, 0.25) is 0 Å². The number of fused-ring (bicyclic) bond motifs is 5. The third kappa shape index (κ3) is 3.00. The van der Waals surface area contributed by atoms with Crippen molar-refractivity contribution in [1.82, 2.24) is 0 Å². The fourth-order valence-corrected chi connectivity index (χ4v) is 7.60. The summed E-state index contributed by atoms with van der Waals surface area (Å²) in [4.78, 5) is 24.7. The first kappa shape index (κ1) is 24.8. The molecule has 7 nitrogen and oxygen atoms in total. The van der Waals surface area contributed by atoms with Gasteiger partial charge >= 0.3 is 0 Å². The second-order valence-corrected chi connectivity index (χ2v) is 10.8. The Morgan fingerprint density at radius 3 is 2.61 bits per heavy atom. The van der Waals surface area contributed by atoms with Crippen molar-refractivity contribution in [2.24, 2.45) is 22.7 Å². The van der Waals surface area contributed by atoms with Crippen LogP contribution >= 0.6 is 11.6 Å². The maximum Gasteiger partial charge on any atom is 0.192 e. The number of ether oxygens (including phenoxy) is 1. The molecule has 0 radical (unpaired) electrons. The molecule has 4 aliphatic rings. The van der Waals surface area contributed by atoms with Gasteiger partial charge < -0.3 is 25.2 Å². The van der Waals surface area contributed by atoms with Crippen LogP contribution in [0.5, 0.6) is 0 Å². The highest BCUT2D eigenvalue weighted by Gasteiger charge is 2.76. The molecular weight excluding hydrogens is 455 g/mol. The monoisotopic (exact) mass is 486 g/mol. The summed E-state index contributed by atoms with van der Waals surface area (Å²) in [6.07, 6.45) is -0.314. The van der Waals surface area contributed by atoms with Gasteiger partial charge in [-0.1, -0.05) is 13.8 Å². The highest BCUT2D eigenvalue weighted by atomic mass is 35.5. The van der Waals surface area contributed by atoms with Gasteiger partial charge in [-0.25, -0.2) is 4.39 Å². The molecule has 0 aliphatic heterocycles. The molecule has 0 bridgehead atoms. The van der Waals surface area contributed by atoms with E-state index in [9.17, 15) is 30.0 Å². The lowest BCUT2D eigenvalue weighted by Crippen LogP contribution is -2.70. The van der Waals surface area contributed by atoms with Gasteiger partial charge in [-0.3, -0.25) is 9.59 Å². The lowest BCUT2D eigenvalue weighted by molar-refractivity contribution is -0.225. The minimum Gasteiger partial charge on any atom is -0.497 e. The molecule has 4 N–H and O–H groups in total. The molecular formula is C24H32ClFO7. The highest BCUT2D eigenvalue weighted by Crippen LogP contribution is 2.70. The molecule has 33 heavy (non-hydrogen) atoms. The highest BCUT2D eigenvalue weighted by molar-refractivity contribution is 6.17. The van der Waals surface area contributed by atoms with Crippen LogP contribution in [0.15, 0.2) is 23.0 Å². The van der Waals surface area contributed by atoms with Crippen LogP contribution in [0.25, 0.3) is 0 Å². The van der Waals surface area contributed by atoms with Crippen molar-refractivity contribution >= 4 is 23.7 Å². The van der Waals surface area contributed by atoms with Gasteiger partial charge in [0.25, 0.3) is 0 Å². The molecule has 0 aromatic heterocycles. The SMILES string of the molecule is C[C@]12CCC(OCCCl)=CC1=C(C=O)C[C@H]1[C@@H]3C[C@@H](O)[C@](O)(C(=O)CO)[C@@]3(C)C[C@H](O)[C@@]12F. The number of aliphatic hydroxyl groups is 4. The minimum absolute atomic E-state index is 0.00234. The summed E-state index contributed by atoms with van der Waals surface area (Å²) in [6.45, 7) is 2.57. The van der Waals surface area contributed by atoms with Gasteiger partial charge in [0, 0.05) is 23.2 Å². The normalized spacial score (nSPS) is 46.7. The number of rotatable bonds is 6. The molecule has 4 rings (SSSR count). The molecule has 184 valence electrons. The lowest BCUT2D eigenvalue weighted by atomic mass is 9.44. The number of alkyl halides is 2. The second kappa shape index (κ2) is 8.12. The number of carbonyl (C=O) groups is 2. The Balaban J connectivity index is 1.85. The maximum absolute atomic E-state index is 17.3.